The molecule has 5 nitrogen and oxygen atoms in total. The van der Waals surface area contributed by atoms with Crippen molar-refractivity contribution in [3.63, 3.8) is 0 Å². The smallest absolute Gasteiger partial charge is 0.228 e. The first-order valence-electron chi connectivity index (χ1n) is 4.37. The maximum Gasteiger partial charge on any atom is 0.228 e. The number of anilines is 1. The van der Waals surface area contributed by atoms with Crippen LogP contribution >= 0.6 is 0 Å². The standard InChI is InChI=1S/C9H15N3O2/c1-12(2)9-10-7(4-5-13)6-8(11-9)14-3/h6,13H,4-5H2,1-3H3. The zero-order valence-corrected chi connectivity index (χ0v) is 8.69. The SMILES string of the molecule is COc1cc(CCO)nc(N(C)C)n1. The second kappa shape index (κ2) is 4.76. The van der Waals surface area contributed by atoms with Gasteiger partial charge >= 0.3 is 0 Å². The minimum atomic E-state index is 0.0764. The van der Waals surface area contributed by atoms with Gasteiger partial charge in [-0.05, 0) is 0 Å². The maximum absolute atomic E-state index is 8.80. The molecule has 14 heavy (non-hydrogen) atoms. The van der Waals surface area contributed by atoms with Gasteiger partial charge in [0.1, 0.15) is 0 Å². The maximum atomic E-state index is 8.80. The molecule has 5 heteroatoms. The molecule has 0 aromatic carbocycles. The summed E-state index contributed by atoms with van der Waals surface area (Å²) in [4.78, 5) is 10.2. The van der Waals surface area contributed by atoms with Crippen molar-refractivity contribution >= 4 is 5.95 Å². The molecule has 0 atom stereocenters. The summed E-state index contributed by atoms with van der Waals surface area (Å²) in [6.45, 7) is 0.0764. The number of aliphatic hydroxyl groups is 1. The molecule has 78 valence electrons. The number of methoxy groups -OCH3 is 1. The summed E-state index contributed by atoms with van der Waals surface area (Å²) in [5.74, 6) is 1.11. The third-order valence-electron chi connectivity index (χ3n) is 1.72. The Morgan fingerprint density at radius 2 is 2.14 bits per heavy atom. The monoisotopic (exact) mass is 197 g/mol. The number of ether oxygens (including phenoxy) is 1. The zero-order chi connectivity index (χ0) is 10.6. The molecule has 0 aliphatic heterocycles. The minimum Gasteiger partial charge on any atom is -0.481 e. The second-order valence-corrected chi connectivity index (χ2v) is 3.07. The Bertz CT molecular complexity index is 302. The van der Waals surface area contributed by atoms with Gasteiger partial charge in [-0.25, -0.2) is 4.98 Å². The largest absolute Gasteiger partial charge is 0.481 e. The first-order chi connectivity index (χ1) is 6.67. The van der Waals surface area contributed by atoms with Crippen molar-refractivity contribution in [1.82, 2.24) is 9.97 Å². The van der Waals surface area contributed by atoms with Gasteiger partial charge in [0, 0.05) is 33.2 Å². The molecular formula is C9H15N3O2. The Hall–Kier alpha value is -1.36. The average molecular weight is 197 g/mol. The summed E-state index contributed by atoms with van der Waals surface area (Å²) in [5, 5.41) is 8.80. The van der Waals surface area contributed by atoms with E-state index < -0.39 is 0 Å². The molecule has 0 fully saturated rings. The third kappa shape index (κ3) is 2.56. The van der Waals surface area contributed by atoms with Crippen molar-refractivity contribution in [2.45, 2.75) is 6.42 Å². The van der Waals surface area contributed by atoms with Crippen molar-refractivity contribution in [2.24, 2.45) is 0 Å². The average Bonchev–Trinajstić information content (AvgIpc) is 2.17. The van der Waals surface area contributed by atoms with Crippen molar-refractivity contribution in [3.8, 4) is 5.88 Å². The molecule has 0 aliphatic rings. The van der Waals surface area contributed by atoms with Crippen LogP contribution in [0.4, 0.5) is 5.95 Å². The molecular weight excluding hydrogens is 182 g/mol. The predicted octanol–water partition coefficient (Wildman–Crippen LogP) is 0.0860. The third-order valence-corrected chi connectivity index (χ3v) is 1.72. The van der Waals surface area contributed by atoms with Gasteiger partial charge < -0.3 is 14.7 Å². The highest BCUT2D eigenvalue weighted by molar-refractivity contribution is 5.32. The Kier molecular flexibility index (Phi) is 3.64. The highest BCUT2D eigenvalue weighted by Crippen LogP contribution is 2.13. The molecule has 1 aromatic heterocycles. The Balaban J connectivity index is 3.00. The summed E-state index contributed by atoms with van der Waals surface area (Å²) in [6.07, 6.45) is 0.514. The number of nitrogens with zero attached hydrogens (tertiary/aromatic N) is 3. The van der Waals surface area contributed by atoms with E-state index in [1.54, 1.807) is 18.1 Å². The van der Waals surface area contributed by atoms with Crippen LogP contribution in [0.15, 0.2) is 6.07 Å². The van der Waals surface area contributed by atoms with Gasteiger partial charge in [-0.1, -0.05) is 0 Å². The number of hydrogen-bond acceptors (Lipinski definition) is 5. The molecule has 1 rings (SSSR count). The minimum absolute atomic E-state index is 0.0764. The highest BCUT2D eigenvalue weighted by Gasteiger charge is 2.05. The molecule has 1 heterocycles. The number of hydrogen-bond donors (Lipinski definition) is 1. The van der Waals surface area contributed by atoms with E-state index in [1.807, 2.05) is 14.1 Å². The Morgan fingerprint density at radius 3 is 2.64 bits per heavy atom. The van der Waals surface area contributed by atoms with Gasteiger partial charge in [0.2, 0.25) is 11.8 Å². The van der Waals surface area contributed by atoms with Gasteiger partial charge in [-0.2, -0.15) is 4.98 Å². The van der Waals surface area contributed by atoms with Crippen LogP contribution in [0, 0.1) is 0 Å². The fourth-order valence-electron chi connectivity index (χ4n) is 1.01. The van der Waals surface area contributed by atoms with E-state index in [0.29, 0.717) is 18.2 Å². The first-order valence-corrected chi connectivity index (χ1v) is 4.37. The molecule has 0 bridgehead atoms. The van der Waals surface area contributed by atoms with Gasteiger partial charge in [0.25, 0.3) is 0 Å². The lowest BCUT2D eigenvalue weighted by Crippen LogP contribution is -2.14. The molecule has 0 amide bonds. The van der Waals surface area contributed by atoms with E-state index in [9.17, 15) is 0 Å². The molecule has 0 radical (unpaired) electrons. The number of aromatic nitrogens is 2. The topological polar surface area (TPSA) is 58.5 Å². The number of rotatable bonds is 4. The van der Waals surface area contributed by atoms with Crippen molar-refractivity contribution in [1.29, 1.82) is 0 Å². The lowest BCUT2D eigenvalue weighted by atomic mass is 10.3. The molecule has 1 aromatic rings. The Labute approximate surface area is 83.4 Å². The van der Waals surface area contributed by atoms with Gasteiger partial charge in [0.05, 0.1) is 12.8 Å². The molecule has 1 N–H and O–H groups in total. The molecule has 0 spiro atoms. The molecule has 0 unspecified atom stereocenters. The number of aliphatic hydroxyl groups excluding tert-OH is 1. The van der Waals surface area contributed by atoms with Crippen LogP contribution in [0.1, 0.15) is 5.69 Å². The first kappa shape index (κ1) is 10.7. The van der Waals surface area contributed by atoms with Crippen LogP contribution in [0.3, 0.4) is 0 Å². The summed E-state index contributed by atoms with van der Waals surface area (Å²) in [7, 11) is 5.28. The lowest BCUT2D eigenvalue weighted by Gasteiger charge is -2.12. The summed E-state index contributed by atoms with van der Waals surface area (Å²) in [6, 6.07) is 1.73. The van der Waals surface area contributed by atoms with Crippen LogP contribution in [0.2, 0.25) is 0 Å². The lowest BCUT2D eigenvalue weighted by molar-refractivity contribution is 0.297. The molecule has 0 aliphatic carbocycles. The van der Waals surface area contributed by atoms with Crippen molar-refractivity contribution in [3.05, 3.63) is 11.8 Å². The van der Waals surface area contributed by atoms with E-state index in [4.69, 9.17) is 9.84 Å². The van der Waals surface area contributed by atoms with E-state index >= 15 is 0 Å². The zero-order valence-electron chi connectivity index (χ0n) is 8.69. The normalized spacial score (nSPS) is 10.0. The second-order valence-electron chi connectivity index (χ2n) is 3.07. The van der Waals surface area contributed by atoms with E-state index in [2.05, 4.69) is 9.97 Å². The molecule has 0 saturated heterocycles. The van der Waals surface area contributed by atoms with E-state index in [-0.39, 0.29) is 6.61 Å². The van der Waals surface area contributed by atoms with E-state index in [0.717, 1.165) is 5.69 Å². The quantitative estimate of drug-likeness (QED) is 0.741. The fourth-order valence-corrected chi connectivity index (χ4v) is 1.01. The van der Waals surface area contributed by atoms with Gasteiger partial charge in [0.15, 0.2) is 0 Å². The van der Waals surface area contributed by atoms with Crippen molar-refractivity contribution < 1.29 is 9.84 Å². The van der Waals surface area contributed by atoms with Gasteiger partial charge in [-0.15, -0.1) is 0 Å². The van der Waals surface area contributed by atoms with Gasteiger partial charge in [-0.3, -0.25) is 0 Å². The van der Waals surface area contributed by atoms with Crippen LogP contribution in [-0.2, 0) is 6.42 Å². The molecule has 0 saturated carbocycles. The summed E-state index contributed by atoms with van der Waals surface area (Å²) in [5.41, 5.74) is 0.781. The van der Waals surface area contributed by atoms with Crippen LogP contribution in [0.5, 0.6) is 5.88 Å². The summed E-state index contributed by atoms with van der Waals surface area (Å²) < 4.78 is 5.03. The fraction of sp³-hybridized carbons (Fsp3) is 0.556. The Morgan fingerprint density at radius 1 is 1.43 bits per heavy atom. The predicted molar refractivity (Wildman–Crippen MR) is 53.7 cm³/mol. The summed E-state index contributed by atoms with van der Waals surface area (Å²) >= 11 is 0. The van der Waals surface area contributed by atoms with Crippen LogP contribution in [0.25, 0.3) is 0 Å². The van der Waals surface area contributed by atoms with Crippen LogP contribution in [-0.4, -0.2) is 42.9 Å². The van der Waals surface area contributed by atoms with Crippen LogP contribution < -0.4 is 9.64 Å². The van der Waals surface area contributed by atoms with Crippen molar-refractivity contribution in [2.75, 3.05) is 32.7 Å². The van der Waals surface area contributed by atoms with E-state index in [1.165, 1.54) is 0 Å². The highest BCUT2D eigenvalue weighted by atomic mass is 16.5.